The highest BCUT2D eigenvalue weighted by Gasteiger charge is 2.41. The monoisotopic (exact) mass is 240 g/mol. The SMILES string of the molecule is CCC1COC(C)CN1C(C)(CN)CC1CC1. The zero-order valence-corrected chi connectivity index (χ0v) is 11.6. The van der Waals surface area contributed by atoms with Gasteiger partial charge >= 0.3 is 0 Å². The van der Waals surface area contributed by atoms with Gasteiger partial charge in [-0.05, 0) is 32.6 Å². The molecule has 2 fully saturated rings. The molecule has 100 valence electrons. The van der Waals surface area contributed by atoms with Crippen molar-refractivity contribution in [2.24, 2.45) is 11.7 Å². The molecular formula is C14H28N2O. The molecule has 1 aliphatic heterocycles. The number of ether oxygens (including phenoxy) is 1. The molecule has 0 bridgehead atoms. The summed E-state index contributed by atoms with van der Waals surface area (Å²) in [5, 5.41) is 0. The minimum absolute atomic E-state index is 0.180. The summed E-state index contributed by atoms with van der Waals surface area (Å²) in [5.41, 5.74) is 6.27. The highest BCUT2D eigenvalue weighted by molar-refractivity contribution is 4.97. The molecule has 1 saturated carbocycles. The second-order valence-electron chi connectivity index (χ2n) is 6.21. The van der Waals surface area contributed by atoms with Crippen LogP contribution in [0.15, 0.2) is 0 Å². The van der Waals surface area contributed by atoms with E-state index in [1.165, 1.54) is 19.3 Å². The van der Waals surface area contributed by atoms with Crippen LogP contribution in [-0.4, -0.2) is 42.3 Å². The molecule has 1 aliphatic carbocycles. The fourth-order valence-corrected chi connectivity index (χ4v) is 3.11. The van der Waals surface area contributed by atoms with E-state index in [1.807, 2.05) is 0 Å². The smallest absolute Gasteiger partial charge is 0.0675 e. The van der Waals surface area contributed by atoms with Crippen LogP contribution in [0.25, 0.3) is 0 Å². The molecule has 0 aromatic heterocycles. The Hall–Kier alpha value is -0.120. The molecule has 1 heterocycles. The summed E-state index contributed by atoms with van der Waals surface area (Å²) in [6.45, 7) is 9.47. The first-order chi connectivity index (χ1) is 8.09. The zero-order chi connectivity index (χ0) is 12.5. The van der Waals surface area contributed by atoms with E-state index >= 15 is 0 Å². The largest absolute Gasteiger partial charge is 0.376 e. The lowest BCUT2D eigenvalue weighted by Gasteiger charge is -2.49. The summed E-state index contributed by atoms with van der Waals surface area (Å²) in [5.74, 6) is 0.930. The third-order valence-electron chi connectivity index (χ3n) is 4.50. The van der Waals surface area contributed by atoms with E-state index in [0.717, 1.165) is 32.0 Å². The Kier molecular flexibility index (Phi) is 4.11. The van der Waals surface area contributed by atoms with Crippen LogP contribution in [0.3, 0.4) is 0 Å². The maximum absolute atomic E-state index is 6.09. The molecule has 3 atom stereocenters. The van der Waals surface area contributed by atoms with E-state index in [0.29, 0.717) is 12.1 Å². The highest BCUT2D eigenvalue weighted by atomic mass is 16.5. The van der Waals surface area contributed by atoms with Crippen LogP contribution in [0.2, 0.25) is 0 Å². The molecule has 0 amide bonds. The minimum atomic E-state index is 0.180. The maximum atomic E-state index is 6.09. The lowest BCUT2D eigenvalue weighted by atomic mass is 9.89. The highest BCUT2D eigenvalue weighted by Crippen LogP contribution is 2.40. The zero-order valence-electron chi connectivity index (χ0n) is 11.6. The molecule has 0 aromatic carbocycles. The standard InChI is InChI=1S/C14H28N2O/c1-4-13-9-17-11(2)8-16(13)14(3,10-15)7-12-5-6-12/h11-13H,4-10,15H2,1-3H3. The van der Waals surface area contributed by atoms with Gasteiger partial charge in [0.1, 0.15) is 0 Å². The van der Waals surface area contributed by atoms with Crippen LogP contribution >= 0.6 is 0 Å². The summed E-state index contributed by atoms with van der Waals surface area (Å²) in [6, 6.07) is 0.554. The Morgan fingerprint density at radius 3 is 2.65 bits per heavy atom. The molecule has 0 spiro atoms. The van der Waals surface area contributed by atoms with Crippen LogP contribution in [-0.2, 0) is 4.74 Å². The van der Waals surface area contributed by atoms with Gasteiger partial charge in [-0.1, -0.05) is 19.8 Å². The summed E-state index contributed by atoms with van der Waals surface area (Å²) >= 11 is 0. The van der Waals surface area contributed by atoms with Gasteiger partial charge in [0, 0.05) is 24.7 Å². The molecular weight excluding hydrogens is 212 g/mol. The van der Waals surface area contributed by atoms with Crippen molar-refractivity contribution < 1.29 is 4.74 Å². The lowest BCUT2D eigenvalue weighted by molar-refractivity contribution is -0.0975. The Morgan fingerprint density at radius 2 is 2.12 bits per heavy atom. The van der Waals surface area contributed by atoms with Crippen LogP contribution < -0.4 is 5.73 Å². The van der Waals surface area contributed by atoms with Gasteiger partial charge in [0.05, 0.1) is 12.7 Å². The van der Waals surface area contributed by atoms with E-state index in [9.17, 15) is 0 Å². The van der Waals surface area contributed by atoms with Crippen molar-refractivity contribution in [1.82, 2.24) is 4.90 Å². The quantitative estimate of drug-likeness (QED) is 0.799. The molecule has 3 unspecified atom stereocenters. The Labute approximate surface area is 106 Å². The van der Waals surface area contributed by atoms with Crippen molar-refractivity contribution >= 4 is 0 Å². The molecule has 2 aliphatic rings. The molecule has 0 radical (unpaired) electrons. The van der Waals surface area contributed by atoms with E-state index in [-0.39, 0.29) is 5.54 Å². The number of nitrogens with zero attached hydrogens (tertiary/aromatic N) is 1. The third kappa shape index (κ3) is 3.01. The van der Waals surface area contributed by atoms with E-state index < -0.39 is 0 Å². The van der Waals surface area contributed by atoms with Gasteiger partial charge in [0.25, 0.3) is 0 Å². The molecule has 0 aromatic rings. The van der Waals surface area contributed by atoms with E-state index in [1.54, 1.807) is 0 Å². The topological polar surface area (TPSA) is 38.5 Å². The van der Waals surface area contributed by atoms with Crippen molar-refractivity contribution in [2.75, 3.05) is 19.7 Å². The van der Waals surface area contributed by atoms with E-state index in [4.69, 9.17) is 10.5 Å². The maximum Gasteiger partial charge on any atom is 0.0675 e. The van der Waals surface area contributed by atoms with Crippen LogP contribution in [0.4, 0.5) is 0 Å². The molecule has 3 heteroatoms. The van der Waals surface area contributed by atoms with Gasteiger partial charge in [-0.2, -0.15) is 0 Å². The van der Waals surface area contributed by atoms with Crippen molar-refractivity contribution in [3.05, 3.63) is 0 Å². The Morgan fingerprint density at radius 1 is 1.41 bits per heavy atom. The summed E-state index contributed by atoms with van der Waals surface area (Å²) < 4.78 is 5.79. The molecule has 17 heavy (non-hydrogen) atoms. The van der Waals surface area contributed by atoms with Crippen molar-refractivity contribution in [2.45, 2.75) is 64.1 Å². The predicted octanol–water partition coefficient (Wildman–Crippen LogP) is 2.00. The predicted molar refractivity (Wildman–Crippen MR) is 71.0 cm³/mol. The fourth-order valence-electron chi connectivity index (χ4n) is 3.11. The Balaban J connectivity index is 2.07. The van der Waals surface area contributed by atoms with Gasteiger partial charge < -0.3 is 10.5 Å². The second-order valence-corrected chi connectivity index (χ2v) is 6.21. The van der Waals surface area contributed by atoms with Gasteiger partial charge in [-0.3, -0.25) is 4.90 Å². The fraction of sp³-hybridized carbons (Fsp3) is 1.00. The van der Waals surface area contributed by atoms with Crippen molar-refractivity contribution in [1.29, 1.82) is 0 Å². The van der Waals surface area contributed by atoms with Crippen molar-refractivity contribution in [3.63, 3.8) is 0 Å². The van der Waals surface area contributed by atoms with Gasteiger partial charge in [0.15, 0.2) is 0 Å². The first kappa shape index (κ1) is 13.3. The summed E-state index contributed by atoms with van der Waals surface area (Å²) in [6.07, 6.45) is 5.60. The number of hydrogen-bond donors (Lipinski definition) is 1. The van der Waals surface area contributed by atoms with Gasteiger partial charge in [-0.15, -0.1) is 0 Å². The first-order valence-corrected chi connectivity index (χ1v) is 7.17. The average molecular weight is 240 g/mol. The summed E-state index contributed by atoms with van der Waals surface area (Å²) in [4.78, 5) is 2.64. The molecule has 3 nitrogen and oxygen atoms in total. The first-order valence-electron chi connectivity index (χ1n) is 7.17. The number of morpholine rings is 1. The number of hydrogen-bond acceptors (Lipinski definition) is 3. The molecule has 1 saturated heterocycles. The van der Waals surface area contributed by atoms with Crippen LogP contribution in [0.1, 0.15) is 46.5 Å². The Bertz CT molecular complexity index is 255. The number of rotatable bonds is 5. The molecule has 2 N–H and O–H groups in total. The van der Waals surface area contributed by atoms with Gasteiger partial charge in [-0.25, -0.2) is 0 Å². The van der Waals surface area contributed by atoms with Gasteiger partial charge in [0.2, 0.25) is 0 Å². The lowest BCUT2D eigenvalue weighted by Crippen LogP contribution is -2.61. The normalized spacial score (nSPS) is 34.6. The van der Waals surface area contributed by atoms with Crippen LogP contribution in [0, 0.1) is 5.92 Å². The number of nitrogens with two attached hydrogens (primary N) is 1. The van der Waals surface area contributed by atoms with Crippen molar-refractivity contribution in [3.8, 4) is 0 Å². The third-order valence-corrected chi connectivity index (χ3v) is 4.50. The second kappa shape index (κ2) is 5.25. The molecule has 2 rings (SSSR count). The van der Waals surface area contributed by atoms with Crippen LogP contribution in [0.5, 0.6) is 0 Å². The summed E-state index contributed by atoms with van der Waals surface area (Å²) in [7, 11) is 0. The van der Waals surface area contributed by atoms with E-state index in [2.05, 4.69) is 25.7 Å². The average Bonchev–Trinajstić information content (AvgIpc) is 3.12. The minimum Gasteiger partial charge on any atom is -0.376 e.